The van der Waals surface area contributed by atoms with Crippen molar-refractivity contribution in [3.63, 3.8) is 0 Å². The minimum Gasteiger partial charge on any atom is -0.0885 e. The lowest BCUT2D eigenvalue weighted by Gasteiger charge is -2.47. The molecule has 0 heteroatoms. The van der Waals surface area contributed by atoms with Crippen molar-refractivity contribution in [1.29, 1.82) is 0 Å². The lowest BCUT2D eigenvalue weighted by molar-refractivity contribution is 0.0508. The molecular weight excluding hydrogens is 180 g/mol. The molecule has 0 fully saturated rings. The summed E-state index contributed by atoms with van der Waals surface area (Å²) in [7, 11) is 0. The number of allylic oxidation sites excluding steroid dienone is 4. The minimum absolute atomic E-state index is 0.532. The van der Waals surface area contributed by atoms with Crippen LogP contribution in [0.25, 0.3) is 0 Å². The summed E-state index contributed by atoms with van der Waals surface area (Å²) in [6, 6.07) is 0. The Kier molecular flexibility index (Phi) is 3.04. The Morgan fingerprint density at radius 1 is 0.733 bits per heavy atom. The normalized spacial score (nSPS) is 41.5. The molecule has 0 spiro atoms. The Balaban J connectivity index is 2.18. The van der Waals surface area contributed by atoms with Crippen LogP contribution in [0.15, 0.2) is 24.3 Å². The molecule has 0 bridgehead atoms. The van der Waals surface area contributed by atoms with Gasteiger partial charge in [0, 0.05) is 0 Å². The highest BCUT2D eigenvalue weighted by Crippen LogP contribution is 2.53. The van der Waals surface area contributed by atoms with Crippen LogP contribution in [-0.4, -0.2) is 0 Å². The molecule has 0 radical (unpaired) electrons. The maximum atomic E-state index is 2.52. The molecule has 2 unspecified atom stereocenters. The standard InChI is InChI=1S/C15H24/c1-14(10-6-3-4-7-11-14)15(2)12-8-5-9-13-15/h3,5-6,8H,4,7,9-13H2,1-2H3. The van der Waals surface area contributed by atoms with Gasteiger partial charge in [-0.2, -0.15) is 0 Å². The quantitative estimate of drug-likeness (QED) is 0.535. The molecule has 0 aromatic heterocycles. The van der Waals surface area contributed by atoms with E-state index in [1.54, 1.807) is 0 Å². The molecule has 2 aliphatic rings. The summed E-state index contributed by atoms with van der Waals surface area (Å²) < 4.78 is 0. The summed E-state index contributed by atoms with van der Waals surface area (Å²) in [5.41, 5.74) is 1.07. The highest BCUT2D eigenvalue weighted by molar-refractivity contribution is 5.06. The second-order valence-electron chi connectivity index (χ2n) is 5.90. The van der Waals surface area contributed by atoms with E-state index in [1.165, 1.54) is 44.9 Å². The zero-order chi connectivity index (χ0) is 10.8. The Morgan fingerprint density at radius 2 is 1.33 bits per heavy atom. The van der Waals surface area contributed by atoms with Gasteiger partial charge in [0.15, 0.2) is 0 Å². The van der Waals surface area contributed by atoms with E-state index in [-0.39, 0.29) is 0 Å². The van der Waals surface area contributed by atoms with Crippen LogP contribution in [-0.2, 0) is 0 Å². The first-order chi connectivity index (χ1) is 7.16. The predicted octanol–water partition coefficient (Wildman–Crippen LogP) is 4.87. The fourth-order valence-corrected chi connectivity index (χ4v) is 3.24. The van der Waals surface area contributed by atoms with Gasteiger partial charge in [-0.1, -0.05) is 38.2 Å². The molecular formula is C15H24. The fraction of sp³-hybridized carbons (Fsp3) is 0.733. The highest BCUT2D eigenvalue weighted by Gasteiger charge is 2.42. The van der Waals surface area contributed by atoms with Gasteiger partial charge < -0.3 is 0 Å². The van der Waals surface area contributed by atoms with E-state index < -0.39 is 0 Å². The maximum absolute atomic E-state index is 2.52. The van der Waals surface area contributed by atoms with Crippen molar-refractivity contribution in [3.05, 3.63) is 24.3 Å². The molecule has 2 atom stereocenters. The molecule has 0 aromatic rings. The summed E-state index contributed by atoms with van der Waals surface area (Å²) in [5.74, 6) is 0. The summed E-state index contributed by atoms with van der Waals surface area (Å²) in [6.07, 6.45) is 18.9. The van der Waals surface area contributed by atoms with Crippen LogP contribution in [0.2, 0.25) is 0 Å². The Hall–Kier alpha value is -0.520. The van der Waals surface area contributed by atoms with E-state index in [9.17, 15) is 0 Å². The van der Waals surface area contributed by atoms with Crippen LogP contribution in [0.5, 0.6) is 0 Å². The maximum Gasteiger partial charge on any atom is -0.0232 e. The van der Waals surface area contributed by atoms with Crippen molar-refractivity contribution < 1.29 is 0 Å². The molecule has 15 heavy (non-hydrogen) atoms. The first kappa shape index (κ1) is 11.0. The van der Waals surface area contributed by atoms with Gasteiger partial charge in [0.05, 0.1) is 0 Å². The third-order valence-electron chi connectivity index (χ3n) is 4.89. The Labute approximate surface area is 94.5 Å². The predicted molar refractivity (Wildman–Crippen MR) is 66.8 cm³/mol. The van der Waals surface area contributed by atoms with Gasteiger partial charge in [-0.3, -0.25) is 0 Å². The summed E-state index contributed by atoms with van der Waals surface area (Å²) >= 11 is 0. The van der Waals surface area contributed by atoms with Crippen molar-refractivity contribution in [2.75, 3.05) is 0 Å². The lowest BCUT2D eigenvalue weighted by atomic mass is 9.57. The molecule has 0 heterocycles. The van der Waals surface area contributed by atoms with Crippen molar-refractivity contribution in [3.8, 4) is 0 Å². The Morgan fingerprint density at radius 3 is 2.00 bits per heavy atom. The average molecular weight is 204 g/mol. The van der Waals surface area contributed by atoms with Crippen LogP contribution in [0.4, 0.5) is 0 Å². The van der Waals surface area contributed by atoms with E-state index in [1.807, 2.05) is 0 Å². The van der Waals surface area contributed by atoms with Crippen LogP contribution >= 0.6 is 0 Å². The molecule has 2 rings (SSSR count). The van der Waals surface area contributed by atoms with E-state index in [0.29, 0.717) is 10.8 Å². The first-order valence-electron chi connectivity index (χ1n) is 6.46. The third kappa shape index (κ3) is 2.04. The number of hydrogen-bond donors (Lipinski definition) is 0. The summed E-state index contributed by atoms with van der Waals surface area (Å²) in [4.78, 5) is 0. The lowest BCUT2D eigenvalue weighted by Crippen LogP contribution is -2.37. The van der Waals surface area contributed by atoms with Crippen molar-refractivity contribution in [1.82, 2.24) is 0 Å². The molecule has 0 amide bonds. The molecule has 0 nitrogen and oxygen atoms in total. The van der Waals surface area contributed by atoms with Gasteiger partial charge in [-0.25, -0.2) is 0 Å². The van der Waals surface area contributed by atoms with Gasteiger partial charge in [0.1, 0.15) is 0 Å². The largest absolute Gasteiger partial charge is 0.0885 e. The van der Waals surface area contributed by atoms with Gasteiger partial charge in [0.25, 0.3) is 0 Å². The minimum atomic E-state index is 0.532. The molecule has 84 valence electrons. The molecule has 0 aliphatic heterocycles. The van der Waals surface area contributed by atoms with Gasteiger partial charge >= 0.3 is 0 Å². The van der Waals surface area contributed by atoms with E-state index in [2.05, 4.69) is 38.2 Å². The van der Waals surface area contributed by atoms with Crippen LogP contribution in [0.3, 0.4) is 0 Å². The van der Waals surface area contributed by atoms with E-state index in [4.69, 9.17) is 0 Å². The van der Waals surface area contributed by atoms with Gasteiger partial charge in [0.2, 0.25) is 0 Å². The second kappa shape index (κ2) is 4.15. The summed E-state index contributed by atoms with van der Waals surface area (Å²) in [6.45, 7) is 5.03. The van der Waals surface area contributed by atoms with Crippen LogP contribution < -0.4 is 0 Å². The van der Waals surface area contributed by atoms with Crippen LogP contribution in [0, 0.1) is 10.8 Å². The van der Waals surface area contributed by atoms with Gasteiger partial charge in [-0.05, 0) is 55.8 Å². The monoisotopic (exact) mass is 204 g/mol. The molecule has 0 saturated heterocycles. The van der Waals surface area contributed by atoms with Crippen molar-refractivity contribution in [2.45, 2.75) is 58.8 Å². The molecule has 2 aliphatic carbocycles. The van der Waals surface area contributed by atoms with Crippen molar-refractivity contribution in [2.24, 2.45) is 10.8 Å². The molecule has 0 aromatic carbocycles. The van der Waals surface area contributed by atoms with Crippen molar-refractivity contribution >= 4 is 0 Å². The molecule has 0 saturated carbocycles. The second-order valence-corrected chi connectivity index (χ2v) is 5.90. The topological polar surface area (TPSA) is 0 Å². The van der Waals surface area contributed by atoms with Gasteiger partial charge in [-0.15, -0.1) is 0 Å². The zero-order valence-corrected chi connectivity index (χ0v) is 10.3. The average Bonchev–Trinajstić information content (AvgIpc) is 2.45. The first-order valence-corrected chi connectivity index (χ1v) is 6.46. The van der Waals surface area contributed by atoms with Crippen LogP contribution in [0.1, 0.15) is 58.8 Å². The molecule has 0 N–H and O–H groups in total. The Bertz CT molecular complexity index is 274. The number of rotatable bonds is 1. The highest BCUT2D eigenvalue weighted by atomic mass is 14.5. The SMILES string of the molecule is CC1(C2(C)CC=CCCC2)CC=CCC1. The number of hydrogen-bond acceptors (Lipinski definition) is 0. The summed E-state index contributed by atoms with van der Waals surface area (Å²) in [5, 5.41) is 0. The smallest absolute Gasteiger partial charge is 0.0232 e. The third-order valence-corrected chi connectivity index (χ3v) is 4.89. The van der Waals surface area contributed by atoms with E-state index >= 15 is 0 Å². The van der Waals surface area contributed by atoms with E-state index in [0.717, 1.165) is 0 Å². The fourth-order valence-electron chi connectivity index (χ4n) is 3.24. The zero-order valence-electron chi connectivity index (χ0n) is 10.3.